The lowest BCUT2D eigenvalue weighted by atomic mass is 10.0. The second-order valence-electron chi connectivity index (χ2n) is 5.15. The molecule has 0 fully saturated rings. The quantitative estimate of drug-likeness (QED) is 0.873. The second-order valence-corrected chi connectivity index (χ2v) is 6.07. The van der Waals surface area contributed by atoms with Crippen molar-refractivity contribution < 1.29 is 4.74 Å². The fourth-order valence-electron chi connectivity index (χ4n) is 1.91. The van der Waals surface area contributed by atoms with Gasteiger partial charge in [-0.25, -0.2) is 0 Å². The summed E-state index contributed by atoms with van der Waals surface area (Å²) in [4.78, 5) is 2.33. The summed E-state index contributed by atoms with van der Waals surface area (Å²) < 4.78 is 6.49. The molecular weight excluding hydrogens is 292 g/mol. The molecule has 1 aromatic rings. The number of methoxy groups -OCH3 is 1. The smallest absolute Gasteiger partial charge is 0.123 e. The lowest BCUT2D eigenvalue weighted by Crippen LogP contribution is -2.47. The third-order valence-corrected chi connectivity index (χ3v) is 3.79. The van der Waals surface area contributed by atoms with Crippen molar-refractivity contribution in [2.24, 2.45) is 0 Å². The standard InChI is InChI=1S/C14H23BrN2O/c1-14(2,10-16-3)17(4)9-11-8-12(15)6-7-13(11)18-5/h6-8,16H,9-10H2,1-5H3. The summed E-state index contributed by atoms with van der Waals surface area (Å²) in [6, 6.07) is 6.12. The predicted molar refractivity (Wildman–Crippen MR) is 80.2 cm³/mol. The van der Waals surface area contributed by atoms with Crippen molar-refractivity contribution in [3.8, 4) is 5.75 Å². The molecule has 1 N–H and O–H groups in total. The number of nitrogens with one attached hydrogen (secondary N) is 1. The zero-order chi connectivity index (χ0) is 13.8. The molecule has 1 aromatic carbocycles. The van der Waals surface area contributed by atoms with Crippen LogP contribution in [0.4, 0.5) is 0 Å². The van der Waals surface area contributed by atoms with E-state index >= 15 is 0 Å². The summed E-state index contributed by atoms with van der Waals surface area (Å²) in [5.74, 6) is 0.935. The molecule has 4 heteroatoms. The Balaban J connectivity index is 2.86. The van der Waals surface area contributed by atoms with E-state index in [1.807, 2.05) is 19.2 Å². The van der Waals surface area contributed by atoms with E-state index in [4.69, 9.17) is 4.74 Å². The van der Waals surface area contributed by atoms with Crippen LogP contribution in [0.3, 0.4) is 0 Å². The first-order valence-electron chi connectivity index (χ1n) is 6.09. The SMILES string of the molecule is CNCC(C)(C)N(C)Cc1cc(Br)ccc1OC. The number of hydrogen-bond acceptors (Lipinski definition) is 3. The number of likely N-dealkylation sites (N-methyl/N-ethyl adjacent to an activating group) is 2. The van der Waals surface area contributed by atoms with Gasteiger partial charge in [0.15, 0.2) is 0 Å². The maximum Gasteiger partial charge on any atom is 0.123 e. The predicted octanol–water partition coefficient (Wildman–Crippen LogP) is 2.89. The molecule has 0 spiro atoms. The van der Waals surface area contributed by atoms with E-state index in [0.29, 0.717) is 0 Å². The van der Waals surface area contributed by atoms with Crippen molar-refractivity contribution >= 4 is 15.9 Å². The molecule has 0 bridgehead atoms. The maximum absolute atomic E-state index is 5.41. The molecule has 1 rings (SSSR count). The highest BCUT2D eigenvalue weighted by atomic mass is 79.9. The van der Waals surface area contributed by atoms with Crippen molar-refractivity contribution in [2.75, 3.05) is 27.7 Å². The molecule has 102 valence electrons. The van der Waals surface area contributed by atoms with Gasteiger partial charge in [0.25, 0.3) is 0 Å². The normalized spacial score (nSPS) is 11.9. The second kappa shape index (κ2) is 6.55. The highest BCUT2D eigenvalue weighted by Gasteiger charge is 2.23. The number of halogens is 1. The van der Waals surface area contributed by atoms with Crippen LogP contribution >= 0.6 is 15.9 Å². The Morgan fingerprint density at radius 1 is 1.39 bits per heavy atom. The monoisotopic (exact) mass is 314 g/mol. The van der Waals surface area contributed by atoms with Crippen LogP contribution < -0.4 is 10.1 Å². The molecule has 0 aliphatic rings. The van der Waals surface area contributed by atoms with Gasteiger partial charge in [-0.05, 0) is 46.1 Å². The minimum Gasteiger partial charge on any atom is -0.496 e. The van der Waals surface area contributed by atoms with Crippen LogP contribution in [0.25, 0.3) is 0 Å². The van der Waals surface area contributed by atoms with Crippen molar-refractivity contribution in [1.82, 2.24) is 10.2 Å². The summed E-state index contributed by atoms with van der Waals surface area (Å²) >= 11 is 3.51. The highest BCUT2D eigenvalue weighted by Crippen LogP contribution is 2.26. The van der Waals surface area contributed by atoms with Crippen LogP contribution in [-0.4, -0.2) is 38.2 Å². The fraction of sp³-hybridized carbons (Fsp3) is 0.571. The molecule has 0 heterocycles. The molecule has 3 nitrogen and oxygen atoms in total. The van der Waals surface area contributed by atoms with Crippen LogP contribution in [0.1, 0.15) is 19.4 Å². The van der Waals surface area contributed by atoms with E-state index < -0.39 is 0 Å². The Morgan fingerprint density at radius 2 is 2.06 bits per heavy atom. The van der Waals surface area contributed by atoms with E-state index in [1.165, 1.54) is 5.56 Å². The molecule has 0 radical (unpaired) electrons. The summed E-state index contributed by atoms with van der Waals surface area (Å²) in [5, 5.41) is 3.23. The average molecular weight is 315 g/mol. The lowest BCUT2D eigenvalue weighted by molar-refractivity contribution is 0.146. The first-order chi connectivity index (χ1) is 8.40. The van der Waals surface area contributed by atoms with Crippen molar-refractivity contribution in [1.29, 1.82) is 0 Å². The Morgan fingerprint density at radius 3 is 2.61 bits per heavy atom. The van der Waals surface area contributed by atoms with Gasteiger partial charge in [-0.2, -0.15) is 0 Å². The summed E-state index contributed by atoms with van der Waals surface area (Å²) in [7, 11) is 5.83. The first kappa shape index (κ1) is 15.5. The van der Waals surface area contributed by atoms with Gasteiger partial charge in [0.05, 0.1) is 7.11 Å². The van der Waals surface area contributed by atoms with Crippen LogP contribution in [0.15, 0.2) is 22.7 Å². The first-order valence-corrected chi connectivity index (χ1v) is 6.88. The zero-order valence-corrected chi connectivity index (χ0v) is 13.5. The van der Waals surface area contributed by atoms with Crippen LogP contribution in [0, 0.1) is 0 Å². The molecule has 0 aromatic heterocycles. The number of rotatable bonds is 6. The van der Waals surface area contributed by atoms with Crippen molar-refractivity contribution in [3.63, 3.8) is 0 Å². The molecule has 0 saturated carbocycles. The minimum atomic E-state index is 0.0993. The summed E-state index contributed by atoms with van der Waals surface area (Å²) in [6.07, 6.45) is 0. The van der Waals surface area contributed by atoms with Gasteiger partial charge in [0.1, 0.15) is 5.75 Å². The average Bonchev–Trinajstić information content (AvgIpc) is 2.29. The maximum atomic E-state index is 5.41. The third kappa shape index (κ3) is 3.97. The van der Waals surface area contributed by atoms with E-state index in [1.54, 1.807) is 7.11 Å². The Kier molecular flexibility index (Phi) is 5.63. The number of benzene rings is 1. The molecule has 0 aliphatic carbocycles. The number of hydrogen-bond donors (Lipinski definition) is 1. The molecule has 0 atom stereocenters. The van der Waals surface area contributed by atoms with Crippen LogP contribution in [-0.2, 0) is 6.54 Å². The topological polar surface area (TPSA) is 24.5 Å². The van der Waals surface area contributed by atoms with Gasteiger partial charge in [0, 0.05) is 28.7 Å². The minimum absolute atomic E-state index is 0.0993. The van der Waals surface area contributed by atoms with Gasteiger partial charge in [-0.3, -0.25) is 4.90 Å². The van der Waals surface area contributed by atoms with Gasteiger partial charge in [-0.15, -0.1) is 0 Å². The Bertz CT molecular complexity index is 393. The van der Waals surface area contributed by atoms with Crippen molar-refractivity contribution in [2.45, 2.75) is 25.9 Å². The number of nitrogens with zero attached hydrogens (tertiary/aromatic N) is 1. The van der Waals surface area contributed by atoms with Crippen molar-refractivity contribution in [3.05, 3.63) is 28.2 Å². The van der Waals surface area contributed by atoms with Crippen LogP contribution in [0.2, 0.25) is 0 Å². The van der Waals surface area contributed by atoms with E-state index in [9.17, 15) is 0 Å². The molecule has 0 unspecified atom stereocenters. The molecule has 0 saturated heterocycles. The van der Waals surface area contributed by atoms with E-state index in [-0.39, 0.29) is 5.54 Å². The molecule has 18 heavy (non-hydrogen) atoms. The molecule has 0 aliphatic heterocycles. The molecular formula is C14H23BrN2O. The summed E-state index contributed by atoms with van der Waals surface area (Å²) in [6.45, 7) is 6.26. The van der Waals surface area contributed by atoms with Gasteiger partial charge in [-0.1, -0.05) is 15.9 Å². The third-order valence-electron chi connectivity index (χ3n) is 3.29. The van der Waals surface area contributed by atoms with E-state index in [0.717, 1.165) is 23.3 Å². The van der Waals surface area contributed by atoms with Gasteiger partial charge < -0.3 is 10.1 Å². The summed E-state index contributed by atoms with van der Waals surface area (Å²) in [5.41, 5.74) is 1.29. The Labute approximate surface area is 119 Å². The number of ether oxygens (including phenoxy) is 1. The van der Waals surface area contributed by atoms with Crippen LogP contribution in [0.5, 0.6) is 5.75 Å². The van der Waals surface area contributed by atoms with E-state index in [2.05, 4.69) is 53.1 Å². The highest BCUT2D eigenvalue weighted by molar-refractivity contribution is 9.10. The lowest BCUT2D eigenvalue weighted by Gasteiger charge is -2.36. The zero-order valence-electron chi connectivity index (χ0n) is 11.9. The molecule has 0 amide bonds. The van der Waals surface area contributed by atoms with Gasteiger partial charge >= 0.3 is 0 Å². The van der Waals surface area contributed by atoms with Gasteiger partial charge in [0.2, 0.25) is 0 Å². The fourth-order valence-corrected chi connectivity index (χ4v) is 2.32. The largest absolute Gasteiger partial charge is 0.496 e. The Hall–Kier alpha value is -0.580.